The average Bonchev–Trinajstić information content (AvgIpc) is 2.55. The summed E-state index contributed by atoms with van der Waals surface area (Å²) in [4.78, 5) is 23.3. The Bertz CT molecular complexity index is 628. The van der Waals surface area contributed by atoms with E-state index in [2.05, 4.69) is 15.9 Å². The zero-order valence-corrected chi connectivity index (χ0v) is 14.4. The fourth-order valence-electron chi connectivity index (χ4n) is 2.32. The maximum Gasteiger partial charge on any atom is 0.471 e. The van der Waals surface area contributed by atoms with Crippen LogP contribution in [0.5, 0.6) is 0 Å². The maximum absolute atomic E-state index is 14.3. The van der Waals surface area contributed by atoms with E-state index in [1.807, 2.05) is 0 Å². The van der Waals surface area contributed by atoms with Crippen LogP contribution in [0.3, 0.4) is 0 Å². The summed E-state index contributed by atoms with van der Waals surface area (Å²) in [6.45, 7) is 1.40. The van der Waals surface area contributed by atoms with Crippen molar-refractivity contribution >= 4 is 27.8 Å². The Morgan fingerprint density at radius 2 is 1.84 bits per heavy atom. The van der Waals surface area contributed by atoms with Crippen molar-refractivity contribution in [3.8, 4) is 0 Å². The van der Waals surface area contributed by atoms with Gasteiger partial charge in [-0.25, -0.2) is 9.18 Å². The van der Waals surface area contributed by atoms with Gasteiger partial charge in [-0.3, -0.25) is 4.79 Å². The number of hydrogen-bond acceptors (Lipinski definition) is 4. The molecule has 0 radical (unpaired) electrons. The van der Waals surface area contributed by atoms with Gasteiger partial charge in [0.1, 0.15) is 11.1 Å². The molecule has 138 valence electrons. The van der Waals surface area contributed by atoms with Gasteiger partial charge in [-0.2, -0.15) is 13.2 Å². The number of nitrogens with one attached hydrogen (secondary N) is 1. The Balaban J connectivity index is 2.21. The van der Waals surface area contributed by atoms with Gasteiger partial charge in [-0.15, -0.1) is 0 Å². The van der Waals surface area contributed by atoms with E-state index in [-0.39, 0.29) is 5.56 Å². The number of ether oxygens (including phenoxy) is 2. The molecule has 0 unspecified atom stereocenters. The van der Waals surface area contributed by atoms with Gasteiger partial charge in [0.15, 0.2) is 12.3 Å². The summed E-state index contributed by atoms with van der Waals surface area (Å²) in [5.74, 6) is -3.19. The van der Waals surface area contributed by atoms with E-state index in [1.54, 1.807) is 23.5 Å². The molecule has 1 N–H and O–H groups in total. The lowest BCUT2D eigenvalue weighted by Gasteiger charge is -2.40. The van der Waals surface area contributed by atoms with Crippen molar-refractivity contribution in [1.29, 1.82) is 0 Å². The minimum atomic E-state index is -5.20. The third-order valence-electron chi connectivity index (χ3n) is 3.56. The summed E-state index contributed by atoms with van der Waals surface area (Å²) in [6, 6.07) is 5.91. The molecule has 0 aliphatic carbocycles. The lowest BCUT2D eigenvalue weighted by Crippen LogP contribution is -2.63. The average molecular weight is 428 g/mol. The lowest BCUT2D eigenvalue weighted by atomic mass is 9.98. The summed E-state index contributed by atoms with van der Waals surface area (Å²) in [5, 5.41) is 0.293. The number of carbonyl (C=O) groups excluding carboxylic acids is 2. The lowest BCUT2D eigenvalue weighted by molar-refractivity contribution is -0.181. The first-order chi connectivity index (χ1) is 11.6. The largest absolute Gasteiger partial charge is 0.471 e. The van der Waals surface area contributed by atoms with Crippen molar-refractivity contribution in [2.45, 2.75) is 42.5 Å². The van der Waals surface area contributed by atoms with Gasteiger partial charge in [-0.05, 0) is 19.1 Å². The van der Waals surface area contributed by atoms with Crippen molar-refractivity contribution in [2.75, 3.05) is 0 Å². The van der Waals surface area contributed by atoms with Crippen molar-refractivity contribution in [2.24, 2.45) is 0 Å². The second-order valence-electron chi connectivity index (χ2n) is 5.37. The van der Waals surface area contributed by atoms with Crippen LogP contribution in [0.1, 0.15) is 17.3 Å². The molecular weight excluding hydrogens is 414 g/mol. The molecule has 0 spiro atoms. The third-order valence-corrected chi connectivity index (χ3v) is 4.28. The summed E-state index contributed by atoms with van der Waals surface area (Å²) in [6.07, 6.45) is -9.65. The van der Waals surface area contributed by atoms with Gasteiger partial charge < -0.3 is 14.8 Å². The van der Waals surface area contributed by atoms with Crippen molar-refractivity contribution in [3.05, 3.63) is 35.9 Å². The zero-order chi connectivity index (χ0) is 18.8. The van der Waals surface area contributed by atoms with Crippen LogP contribution in [0, 0.1) is 0 Å². The molecule has 1 heterocycles. The Hall–Kier alpha value is -1.68. The van der Waals surface area contributed by atoms with Crippen molar-refractivity contribution in [1.82, 2.24) is 5.32 Å². The molecule has 25 heavy (non-hydrogen) atoms. The van der Waals surface area contributed by atoms with E-state index in [4.69, 9.17) is 9.47 Å². The fourth-order valence-corrected chi connectivity index (χ4v) is 2.99. The van der Waals surface area contributed by atoms with E-state index < -0.39 is 47.5 Å². The van der Waals surface area contributed by atoms with Crippen LogP contribution < -0.4 is 5.32 Å². The smallest absolute Gasteiger partial charge is 0.454 e. The van der Waals surface area contributed by atoms with E-state index in [0.717, 1.165) is 0 Å². The first-order valence-electron chi connectivity index (χ1n) is 7.18. The molecule has 1 aromatic carbocycles. The zero-order valence-electron chi connectivity index (χ0n) is 12.8. The van der Waals surface area contributed by atoms with Gasteiger partial charge >= 0.3 is 18.1 Å². The molecule has 0 saturated carbocycles. The minimum absolute atomic E-state index is 0.131. The first kappa shape index (κ1) is 19.6. The maximum atomic E-state index is 14.3. The van der Waals surface area contributed by atoms with E-state index >= 15 is 0 Å². The Kier molecular flexibility index (Phi) is 6.04. The van der Waals surface area contributed by atoms with Gasteiger partial charge in [0, 0.05) is 0 Å². The first-order valence-corrected chi connectivity index (χ1v) is 8.10. The molecule has 1 aliphatic heterocycles. The highest BCUT2D eigenvalue weighted by Crippen LogP contribution is 2.30. The highest BCUT2D eigenvalue weighted by Gasteiger charge is 2.50. The topological polar surface area (TPSA) is 64.6 Å². The summed E-state index contributed by atoms with van der Waals surface area (Å²) in [5.41, 5.74) is 0.131. The second kappa shape index (κ2) is 7.69. The highest BCUT2D eigenvalue weighted by atomic mass is 79.9. The van der Waals surface area contributed by atoms with Crippen LogP contribution in [0.15, 0.2) is 30.3 Å². The molecule has 0 aromatic heterocycles. The number of esters is 1. The normalized spacial score (nSPS) is 29.8. The van der Waals surface area contributed by atoms with Gasteiger partial charge in [0.2, 0.25) is 0 Å². The molecule has 2 rings (SSSR count). The number of rotatable bonds is 3. The minimum Gasteiger partial charge on any atom is -0.454 e. The molecule has 1 amide bonds. The Morgan fingerprint density at radius 3 is 2.40 bits per heavy atom. The molecule has 1 fully saturated rings. The molecule has 5 atom stereocenters. The molecular formula is C15H14BrF4NO4. The van der Waals surface area contributed by atoms with Gasteiger partial charge in [0.05, 0.1) is 11.7 Å². The van der Waals surface area contributed by atoms with Crippen molar-refractivity contribution < 1.29 is 36.6 Å². The number of halogens is 5. The van der Waals surface area contributed by atoms with Crippen LogP contribution in [0.2, 0.25) is 0 Å². The van der Waals surface area contributed by atoms with Crippen LogP contribution in [-0.2, 0) is 14.3 Å². The summed E-state index contributed by atoms with van der Waals surface area (Å²) in [7, 11) is 0. The molecule has 1 aliphatic rings. The number of benzene rings is 1. The summed E-state index contributed by atoms with van der Waals surface area (Å²) < 4.78 is 62.1. The SMILES string of the molecule is C[C@@H]1O[C@H](Br)[C@@H](F)[C@H](NC(=O)C(F)(F)F)[C@@H]1OC(=O)c1ccccc1. The number of carbonyl (C=O) groups is 2. The summed E-state index contributed by atoms with van der Waals surface area (Å²) >= 11 is 2.84. The number of hydrogen-bond donors (Lipinski definition) is 1. The second-order valence-corrected chi connectivity index (χ2v) is 6.27. The van der Waals surface area contributed by atoms with E-state index in [1.165, 1.54) is 19.1 Å². The molecule has 1 saturated heterocycles. The predicted octanol–water partition coefficient (Wildman–Crippen LogP) is 2.74. The third kappa shape index (κ3) is 4.69. The van der Waals surface area contributed by atoms with E-state index in [0.29, 0.717) is 0 Å². The quantitative estimate of drug-likeness (QED) is 0.457. The van der Waals surface area contributed by atoms with Crippen LogP contribution in [0.4, 0.5) is 17.6 Å². The van der Waals surface area contributed by atoms with E-state index in [9.17, 15) is 27.2 Å². The molecule has 0 bridgehead atoms. The van der Waals surface area contributed by atoms with Crippen LogP contribution in [0.25, 0.3) is 0 Å². The predicted molar refractivity (Wildman–Crippen MR) is 81.8 cm³/mol. The Morgan fingerprint density at radius 1 is 1.24 bits per heavy atom. The van der Waals surface area contributed by atoms with Crippen LogP contribution >= 0.6 is 15.9 Å². The van der Waals surface area contributed by atoms with Crippen molar-refractivity contribution in [3.63, 3.8) is 0 Å². The monoisotopic (exact) mass is 427 g/mol. The molecule has 5 nitrogen and oxygen atoms in total. The van der Waals surface area contributed by atoms with Gasteiger partial charge in [-0.1, -0.05) is 34.1 Å². The van der Waals surface area contributed by atoms with Gasteiger partial charge in [0.25, 0.3) is 0 Å². The van der Waals surface area contributed by atoms with Crippen LogP contribution in [-0.4, -0.2) is 47.5 Å². The highest BCUT2D eigenvalue weighted by molar-refractivity contribution is 9.09. The Labute approximate surface area is 148 Å². The number of amides is 1. The number of alkyl halides is 5. The fraction of sp³-hybridized carbons (Fsp3) is 0.467. The standard InChI is InChI=1S/C15H14BrF4NO4/c1-7-11(25-13(22)8-5-3-2-4-6-8)10(9(17)12(16)24-7)21-14(23)15(18,19)20/h2-7,9-12H,1H3,(H,21,23)/t7-,9-,10-,11+,12-/m0/s1. The molecule has 1 aromatic rings. The molecule has 10 heteroatoms.